The first-order valence-corrected chi connectivity index (χ1v) is 7.40. The van der Waals surface area contributed by atoms with Crippen LogP contribution in [0.15, 0.2) is 18.2 Å². The normalized spacial score (nSPS) is 12.2. The number of carbonyl (C=O) groups excluding carboxylic acids is 1. The minimum Gasteiger partial charge on any atom is -0.507 e. The molecule has 0 aromatic heterocycles. The second-order valence-corrected chi connectivity index (χ2v) is 7.53. The van der Waals surface area contributed by atoms with Gasteiger partial charge in [0, 0.05) is 12.8 Å². The zero-order chi connectivity index (χ0) is 14.8. The summed E-state index contributed by atoms with van der Waals surface area (Å²) >= 11 is 0. The molecule has 0 aliphatic carbocycles. The third-order valence-electron chi connectivity index (χ3n) is 2.88. The van der Waals surface area contributed by atoms with Crippen LogP contribution < -0.4 is 5.32 Å². The van der Waals surface area contributed by atoms with E-state index in [2.05, 4.69) is 5.32 Å². The number of halogens is 1. The van der Waals surface area contributed by atoms with Crippen LogP contribution in [-0.4, -0.2) is 37.0 Å². The topological polar surface area (TPSA) is 83.5 Å². The number of amides is 1. The summed E-state index contributed by atoms with van der Waals surface area (Å²) in [5.74, 6) is -1.75. The van der Waals surface area contributed by atoms with Gasteiger partial charge in [-0.05, 0) is 32.0 Å². The van der Waals surface area contributed by atoms with Crippen molar-refractivity contribution >= 4 is 15.7 Å². The van der Waals surface area contributed by atoms with Crippen LogP contribution in [0.2, 0.25) is 0 Å². The van der Waals surface area contributed by atoms with Gasteiger partial charge in [0.15, 0.2) is 9.84 Å². The lowest BCUT2D eigenvalue weighted by molar-refractivity contribution is 0.0947. The Morgan fingerprint density at radius 1 is 1.42 bits per heavy atom. The van der Waals surface area contributed by atoms with E-state index in [1.165, 1.54) is 13.8 Å². The zero-order valence-corrected chi connectivity index (χ0v) is 11.7. The van der Waals surface area contributed by atoms with Gasteiger partial charge in [-0.1, -0.05) is 0 Å². The molecule has 0 unspecified atom stereocenters. The molecule has 0 saturated heterocycles. The maximum absolute atomic E-state index is 13.0. The summed E-state index contributed by atoms with van der Waals surface area (Å²) in [6.45, 7) is 2.79. The molecule has 0 spiro atoms. The molecule has 0 radical (unpaired) electrons. The lowest BCUT2D eigenvalue weighted by Crippen LogP contribution is -2.43. The van der Waals surface area contributed by atoms with Crippen molar-refractivity contribution in [3.05, 3.63) is 29.6 Å². The summed E-state index contributed by atoms with van der Waals surface area (Å²) in [5.41, 5.74) is -0.232. The molecule has 19 heavy (non-hydrogen) atoms. The van der Waals surface area contributed by atoms with Gasteiger partial charge < -0.3 is 10.4 Å². The van der Waals surface area contributed by atoms with Crippen molar-refractivity contribution in [3.8, 4) is 5.75 Å². The van der Waals surface area contributed by atoms with Gasteiger partial charge in [-0.2, -0.15) is 0 Å². The highest BCUT2D eigenvalue weighted by molar-refractivity contribution is 7.92. The van der Waals surface area contributed by atoms with E-state index in [1.54, 1.807) is 0 Å². The van der Waals surface area contributed by atoms with Crippen molar-refractivity contribution in [1.82, 2.24) is 5.32 Å². The summed E-state index contributed by atoms with van der Waals surface area (Å²) in [5, 5.41) is 11.8. The highest BCUT2D eigenvalue weighted by atomic mass is 32.2. The van der Waals surface area contributed by atoms with Crippen LogP contribution in [0.3, 0.4) is 0 Å². The Bertz CT molecular complexity index is 596. The fourth-order valence-corrected chi connectivity index (χ4v) is 1.54. The Balaban J connectivity index is 2.85. The standard InChI is InChI=1S/C12H16FNO4S/c1-12(2,19(3,17)18)7-14-11(16)9-6-8(13)4-5-10(9)15/h4-6,15H,7H2,1-3H3,(H,14,16). The van der Waals surface area contributed by atoms with Gasteiger partial charge >= 0.3 is 0 Å². The number of hydrogen-bond donors (Lipinski definition) is 2. The van der Waals surface area contributed by atoms with Crippen molar-refractivity contribution in [1.29, 1.82) is 0 Å². The fraction of sp³-hybridized carbons (Fsp3) is 0.417. The van der Waals surface area contributed by atoms with Crippen LogP contribution >= 0.6 is 0 Å². The van der Waals surface area contributed by atoms with E-state index < -0.39 is 26.3 Å². The van der Waals surface area contributed by atoms with Crippen LogP contribution in [0, 0.1) is 5.82 Å². The number of aromatic hydroxyl groups is 1. The Morgan fingerprint density at radius 3 is 2.53 bits per heavy atom. The molecule has 0 aliphatic heterocycles. The second kappa shape index (κ2) is 5.16. The molecule has 7 heteroatoms. The predicted molar refractivity (Wildman–Crippen MR) is 69.3 cm³/mol. The molecule has 1 amide bonds. The van der Waals surface area contributed by atoms with E-state index in [9.17, 15) is 22.7 Å². The first kappa shape index (κ1) is 15.4. The Kier molecular flexibility index (Phi) is 4.19. The largest absolute Gasteiger partial charge is 0.507 e. The summed E-state index contributed by atoms with van der Waals surface area (Å²) in [6.07, 6.45) is 1.07. The highest BCUT2D eigenvalue weighted by Gasteiger charge is 2.30. The van der Waals surface area contributed by atoms with Crippen molar-refractivity contribution in [2.75, 3.05) is 12.8 Å². The van der Waals surface area contributed by atoms with Gasteiger partial charge in [0.1, 0.15) is 11.6 Å². The number of phenols is 1. The quantitative estimate of drug-likeness (QED) is 0.869. The van der Waals surface area contributed by atoms with Crippen LogP contribution in [0.5, 0.6) is 5.75 Å². The Hall–Kier alpha value is -1.63. The minimum atomic E-state index is -3.35. The summed E-state index contributed by atoms with van der Waals surface area (Å²) < 4.78 is 34.8. The maximum atomic E-state index is 13.0. The van der Waals surface area contributed by atoms with Crippen LogP contribution in [0.25, 0.3) is 0 Å². The molecule has 0 atom stereocenters. The minimum absolute atomic E-state index is 0.138. The van der Waals surface area contributed by atoms with Crippen molar-refractivity contribution < 1.29 is 22.7 Å². The molecule has 5 nitrogen and oxygen atoms in total. The smallest absolute Gasteiger partial charge is 0.255 e. The molecular formula is C12H16FNO4S. The fourth-order valence-electron chi connectivity index (χ4n) is 1.21. The van der Waals surface area contributed by atoms with Crippen molar-refractivity contribution in [2.24, 2.45) is 0 Å². The van der Waals surface area contributed by atoms with E-state index in [0.717, 1.165) is 24.5 Å². The molecular weight excluding hydrogens is 273 g/mol. The number of hydrogen-bond acceptors (Lipinski definition) is 4. The Morgan fingerprint density at radius 2 is 2.00 bits per heavy atom. The van der Waals surface area contributed by atoms with Crippen LogP contribution in [0.1, 0.15) is 24.2 Å². The van der Waals surface area contributed by atoms with Crippen molar-refractivity contribution in [3.63, 3.8) is 0 Å². The van der Waals surface area contributed by atoms with Gasteiger partial charge in [-0.15, -0.1) is 0 Å². The van der Waals surface area contributed by atoms with Gasteiger partial charge in [-0.25, -0.2) is 12.8 Å². The number of phenolic OH excluding ortho intramolecular Hbond substituents is 1. The zero-order valence-electron chi connectivity index (χ0n) is 10.9. The maximum Gasteiger partial charge on any atom is 0.255 e. The number of rotatable bonds is 4. The summed E-state index contributed by atoms with van der Waals surface area (Å²) in [6, 6.07) is 2.97. The van der Waals surface area contributed by atoms with Crippen molar-refractivity contribution in [2.45, 2.75) is 18.6 Å². The van der Waals surface area contributed by atoms with Crippen LogP contribution in [0.4, 0.5) is 4.39 Å². The SMILES string of the molecule is CC(C)(CNC(=O)c1cc(F)ccc1O)S(C)(=O)=O. The average Bonchev–Trinajstić information content (AvgIpc) is 2.28. The lowest BCUT2D eigenvalue weighted by atomic mass is 10.1. The third-order valence-corrected chi connectivity index (χ3v) is 5.03. The molecule has 0 bridgehead atoms. The summed E-state index contributed by atoms with van der Waals surface area (Å²) in [4.78, 5) is 11.8. The first-order valence-electron chi connectivity index (χ1n) is 5.51. The number of benzene rings is 1. The molecule has 0 heterocycles. The van der Waals surface area contributed by atoms with Gasteiger partial charge in [0.25, 0.3) is 5.91 Å². The van der Waals surface area contributed by atoms with E-state index in [4.69, 9.17) is 0 Å². The average molecular weight is 289 g/mol. The van der Waals surface area contributed by atoms with Gasteiger partial charge in [-0.3, -0.25) is 4.79 Å². The van der Waals surface area contributed by atoms with Crippen LogP contribution in [-0.2, 0) is 9.84 Å². The highest BCUT2D eigenvalue weighted by Crippen LogP contribution is 2.18. The Labute approximate surface area is 111 Å². The first-order chi connectivity index (χ1) is 8.54. The number of nitrogens with one attached hydrogen (secondary N) is 1. The predicted octanol–water partition coefficient (Wildman–Crippen LogP) is 1.08. The molecule has 1 aromatic carbocycles. The second-order valence-electron chi connectivity index (χ2n) is 4.88. The van der Waals surface area contributed by atoms with Gasteiger partial charge in [0.05, 0.1) is 10.3 Å². The molecule has 0 saturated carbocycles. The van der Waals surface area contributed by atoms with E-state index in [0.29, 0.717) is 0 Å². The monoisotopic (exact) mass is 289 g/mol. The lowest BCUT2D eigenvalue weighted by Gasteiger charge is -2.22. The third kappa shape index (κ3) is 3.66. The number of carbonyl (C=O) groups is 1. The molecule has 106 valence electrons. The van der Waals surface area contributed by atoms with E-state index in [-0.39, 0.29) is 17.9 Å². The summed E-state index contributed by atoms with van der Waals surface area (Å²) in [7, 11) is -3.35. The molecule has 0 fully saturated rings. The molecule has 1 aromatic rings. The van der Waals surface area contributed by atoms with E-state index >= 15 is 0 Å². The van der Waals surface area contributed by atoms with E-state index in [1.807, 2.05) is 0 Å². The molecule has 1 rings (SSSR count). The van der Waals surface area contributed by atoms with Gasteiger partial charge in [0.2, 0.25) is 0 Å². The molecule has 0 aliphatic rings. The number of sulfone groups is 1. The molecule has 2 N–H and O–H groups in total.